The lowest BCUT2D eigenvalue weighted by molar-refractivity contribution is 0.128. The zero-order chi connectivity index (χ0) is 10.4. The molecule has 1 unspecified atom stereocenters. The molecule has 0 aliphatic rings. The molecule has 0 saturated carbocycles. The lowest BCUT2D eigenvalue weighted by atomic mass is 10.2. The van der Waals surface area contributed by atoms with Gasteiger partial charge in [-0.1, -0.05) is 6.92 Å². The molecule has 2 N–H and O–H groups in total. The topological polar surface area (TPSA) is 35.2 Å². The van der Waals surface area contributed by atoms with Crippen LogP contribution in [0, 0.1) is 0 Å². The molecule has 2 nitrogen and oxygen atoms in total. The predicted octanol–water partition coefficient (Wildman–Crippen LogP) is 3.33. The highest BCUT2D eigenvalue weighted by Crippen LogP contribution is 2.29. The normalized spacial score (nSPS) is 13.1. The maximum absolute atomic E-state index is 6.02. The van der Waals surface area contributed by atoms with Crippen molar-refractivity contribution >= 4 is 27.3 Å². The van der Waals surface area contributed by atoms with Gasteiger partial charge in [0, 0.05) is 28.6 Å². The van der Waals surface area contributed by atoms with E-state index in [1.54, 1.807) is 11.3 Å². The second-order valence-electron chi connectivity index (χ2n) is 3.14. The summed E-state index contributed by atoms with van der Waals surface area (Å²) in [5, 5.41) is 2.05. The lowest BCUT2D eigenvalue weighted by Gasteiger charge is -2.10. The molecule has 0 saturated heterocycles. The van der Waals surface area contributed by atoms with Crippen LogP contribution in [-0.2, 0) is 4.74 Å². The molecule has 0 bridgehead atoms. The first-order valence-corrected chi connectivity index (χ1v) is 6.49. The Morgan fingerprint density at radius 2 is 2.36 bits per heavy atom. The SMILES string of the molecule is CCCOCCC(N)c1sccc1Br. The van der Waals surface area contributed by atoms with Gasteiger partial charge in [0.25, 0.3) is 0 Å². The highest BCUT2D eigenvalue weighted by Gasteiger charge is 2.10. The largest absolute Gasteiger partial charge is 0.381 e. The van der Waals surface area contributed by atoms with E-state index in [2.05, 4.69) is 22.9 Å². The summed E-state index contributed by atoms with van der Waals surface area (Å²) in [4.78, 5) is 1.21. The van der Waals surface area contributed by atoms with Crippen molar-refractivity contribution in [2.45, 2.75) is 25.8 Å². The lowest BCUT2D eigenvalue weighted by Crippen LogP contribution is -2.12. The van der Waals surface area contributed by atoms with Crippen molar-refractivity contribution in [1.29, 1.82) is 0 Å². The van der Waals surface area contributed by atoms with Gasteiger partial charge >= 0.3 is 0 Å². The van der Waals surface area contributed by atoms with E-state index >= 15 is 0 Å². The van der Waals surface area contributed by atoms with Gasteiger partial charge in [-0.05, 0) is 40.2 Å². The molecule has 0 aliphatic carbocycles. The Morgan fingerprint density at radius 1 is 1.57 bits per heavy atom. The number of thiophene rings is 1. The molecule has 1 atom stereocenters. The van der Waals surface area contributed by atoms with Crippen molar-refractivity contribution in [3.05, 3.63) is 20.8 Å². The predicted molar refractivity (Wildman–Crippen MR) is 64.7 cm³/mol. The molecule has 0 radical (unpaired) electrons. The van der Waals surface area contributed by atoms with E-state index in [9.17, 15) is 0 Å². The zero-order valence-electron chi connectivity index (χ0n) is 8.33. The number of ether oxygens (including phenoxy) is 1. The smallest absolute Gasteiger partial charge is 0.0484 e. The van der Waals surface area contributed by atoms with Crippen molar-refractivity contribution in [3.63, 3.8) is 0 Å². The maximum Gasteiger partial charge on any atom is 0.0484 e. The van der Waals surface area contributed by atoms with Crippen LogP contribution in [0.5, 0.6) is 0 Å². The van der Waals surface area contributed by atoms with E-state index in [1.807, 2.05) is 11.4 Å². The summed E-state index contributed by atoms with van der Waals surface area (Å²) in [6, 6.07) is 2.13. The second-order valence-corrected chi connectivity index (χ2v) is 4.94. The molecular formula is C10H16BrNOS. The first-order chi connectivity index (χ1) is 6.75. The van der Waals surface area contributed by atoms with E-state index in [1.165, 1.54) is 4.88 Å². The van der Waals surface area contributed by atoms with Gasteiger partial charge in [0.15, 0.2) is 0 Å². The minimum absolute atomic E-state index is 0.0984. The number of nitrogens with two attached hydrogens (primary N) is 1. The molecule has 0 amide bonds. The van der Waals surface area contributed by atoms with Crippen molar-refractivity contribution in [2.75, 3.05) is 13.2 Å². The van der Waals surface area contributed by atoms with Crippen LogP contribution in [0.3, 0.4) is 0 Å². The molecule has 0 aliphatic heterocycles. The van der Waals surface area contributed by atoms with E-state index in [0.29, 0.717) is 0 Å². The molecule has 0 spiro atoms. The monoisotopic (exact) mass is 277 g/mol. The van der Waals surface area contributed by atoms with Gasteiger partial charge in [-0.2, -0.15) is 0 Å². The molecule has 14 heavy (non-hydrogen) atoms. The third-order valence-electron chi connectivity index (χ3n) is 1.90. The number of hydrogen-bond donors (Lipinski definition) is 1. The summed E-state index contributed by atoms with van der Waals surface area (Å²) < 4.78 is 6.52. The van der Waals surface area contributed by atoms with Gasteiger partial charge in [-0.15, -0.1) is 11.3 Å². The molecule has 4 heteroatoms. The highest BCUT2D eigenvalue weighted by atomic mass is 79.9. The Labute approximate surface area is 97.6 Å². The van der Waals surface area contributed by atoms with Crippen LogP contribution in [-0.4, -0.2) is 13.2 Å². The average molecular weight is 278 g/mol. The zero-order valence-corrected chi connectivity index (χ0v) is 10.7. The number of rotatable bonds is 6. The molecule has 1 heterocycles. The quantitative estimate of drug-likeness (QED) is 0.810. The van der Waals surface area contributed by atoms with Crippen molar-refractivity contribution in [1.82, 2.24) is 0 Å². The van der Waals surface area contributed by atoms with E-state index in [4.69, 9.17) is 10.5 Å². The Morgan fingerprint density at radius 3 is 2.93 bits per heavy atom. The Kier molecular flexibility index (Phi) is 5.70. The molecule has 80 valence electrons. The fraction of sp³-hybridized carbons (Fsp3) is 0.600. The molecular weight excluding hydrogens is 262 g/mol. The third kappa shape index (κ3) is 3.69. The van der Waals surface area contributed by atoms with Crippen molar-refractivity contribution in [3.8, 4) is 0 Å². The minimum atomic E-state index is 0.0984. The van der Waals surface area contributed by atoms with Gasteiger partial charge in [0.1, 0.15) is 0 Å². The highest BCUT2D eigenvalue weighted by molar-refractivity contribution is 9.10. The maximum atomic E-state index is 6.02. The number of halogens is 1. The van der Waals surface area contributed by atoms with Crippen LogP contribution in [0.4, 0.5) is 0 Å². The first kappa shape index (κ1) is 12.2. The summed E-state index contributed by atoms with van der Waals surface area (Å²) in [6.45, 7) is 3.69. The van der Waals surface area contributed by atoms with E-state index in [0.717, 1.165) is 30.5 Å². The molecule has 0 aromatic carbocycles. The summed E-state index contributed by atoms with van der Waals surface area (Å²) >= 11 is 5.17. The minimum Gasteiger partial charge on any atom is -0.381 e. The van der Waals surface area contributed by atoms with Crippen LogP contribution in [0.2, 0.25) is 0 Å². The summed E-state index contributed by atoms with van der Waals surface area (Å²) in [5.74, 6) is 0. The first-order valence-electron chi connectivity index (χ1n) is 4.82. The van der Waals surface area contributed by atoms with Gasteiger partial charge < -0.3 is 10.5 Å². The summed E-state index contributed by atoms with van der Waals surface area (Å²) in [5.41, 5.74) is 6.02. The van der Waals surface area contributed by atoms with Gasteiger partial charge in [-0.3, -0.25) is 0 Å². The fourth-order valence-electron chi connectivity index (χ4n) is 1.16. The van der Waals surface area contributed by atoms with Crippen LogP contribution in [0.25, 0.3) is 0 Å². The van der Waals surface area contributed by atoms with Gasteiger partial charge in [0.05, 0.1) is 0 Å². The standard InChI is InChI=1S/C10H16BrNOS/c1-2-5-13-6-3-9(12)10-8(11)4-7-14-10/h4,7,9H,2-3,5-6,12H2,1H3. The Bertz CT molecular complexity index is 264. The van der Waals surface area contributed by atoms with E-state index < -0.39 is 0 Å². The van der Waals surface area contributed by atoms with Crippen LogP contribution in [0.1, 0.15) is 30.7 Å². The average Bonchev–Trinajstić information content (AvgIpc) is 2.59. The molecule has 1 aromatic heterocycles. The van der Waals surface area contributed by atoms with Crippen LogP contribution in [0.15, 0.2) is 15.9 Å². The molecule has 0 fully saturated rings. The van der Waals surface area contributed by atoms with Crippen LogP contribution >= 0.6 is 27.3 Å². The van der Waals surface area contributed by atoms with Gasteiger partial charge in [0.2, 0.25) is 0 Å². The molecule has 1 aromatic rings. The summed E-state index contributed by atoms with van der Waals surface area (Å²) in [7, 11) is 0. The number of hydrogen-bond acceptors (Lipinski definition) is 3. The van der Waals surface area contributed by atoms with E-state index in [-0.39, 0.29) is 6.04 Å². The van der Waals surface area contributed by atoms with Gasteiger partial charge in [-0.25, -0.2) is 0 Å². The fourth-order valence-corrected chi connectivity index (χ4v) is 2.86. The summed E-state index contributed by atoms with van der Waals surface area (Å²) in [6.07, 6.45) is 1.96. The second kappa shape index (κ2) is 6.56. The van der Waals surface area contributed by atoms with Crippen molar-refractivity contribution in [2.24, 2.45) is 5.73 Å². The van der Waals surface area contributed by atoms with Crippen molar-refractivity contribution < 1.29 is 4.74 Å². The molecule has 1 rings (SSSR count). The Hall–Kier alpha value is 0.100. The van der Waals surface area contributed by atoms with Crippen LogP contribution < -0.4 is 5.73 Å². The third-order valence-corrected chi connectivity index (χ3v) is 3.91. The Balaban J connectivity index is 2.28.